The zero-order chi connectivity index (χ0) is 14.4. The fraction of sp³-hybridized carbons (Fsp3) is 0.615. The second-order valence-electron chi connectivity index (χ2n) is 4.47. The Hall–Kier alpha value is -1.89. The number of aromatic nitrogens is 4. The highest BCUT2D eigenvalue weighted by molar-refractivity contribution is 5.84. The maximum Gasteiger partial charge on any atom is 0.226 e. The van der Waals surface area contributed by atoms with E-state index in [-0.39, 0.29) is 0 Å². The molecule has 0 aliphatic rings. The molecule has 2 heterocycles. The van der Waals surface area contributed by atoms with Crippen LogP contribution in [0, 0.1) is 0 Å². The Morgan fingerprint density at radius 1 is 1.35 bits per heavy atom. The third-order valence-corrected chi connectivity index (χ3v) is 3.05. The van der Waals surface area contributed by atoms with Crippen LogP contribution in [0.15, 0.2) is 6.33 Å². The predicted octanol–water partition coefficient (Wildman–Crippen LogP) is 1.65. The van der Waals surface area contributed by atoms with Crippen molar-refractivity contribution in [2.75, 3.05) is 43.6 Å². The fourth-order valence-electron chi connectivity index (χ4n) is 1.98. The number of H-pyrrole nitrogens is 1. The summed E-state index contributed by atoms with van der Waals surface area (Å²) in [7, 11) is 1.70. The Bertz CT molecular complexity index is 541. The van der Waals surface area contributed by atoms with E-state index < -0.39 is 0 Å². The van der Waals surface area contributed by atoms with Gasteiger partial charge in [0.05, 0.1) is 12.9 Å². The van der Waals surface area contributed by atoms with Crippen molar-refractivity contribution in [3.8, 4) is 0 Å². The van der Waals surface area contributed by atoms with Gasteiger partial charge in [0.15, 0.2) is 11.5 Å². The minimum absolute atomic E-state index is 0.623. The molecule has 0 spiro atoms. The Labute approximate surface area is 118 Å². The van der Waals surface area contributed by atoms with Gasteiger partial charge in [0.25, 0.3) is 0 Å². The van der Waals surface area contributed by atoms with Crippen LogP contribution >= 0.6 is 0 Å². The van der Waals surface area contributed by atoms with Crippen molar-refractivity contribution < 1.29 is 4.74 Å². The predicted molar refractivity (Wildman–Crippen MR) is 80.2 cm³/mol. The summed E-state index contributed by atoms with van der Waals surface area (Å²) in [6.45, 7) is 7.34. The van der Waals surface area contributed by atoms with Crippen molar-refractivity contribution in [2.45, 2.75) is 20.3 Å². The normalized spacial score (nSPS) is 10.9. The molecule has 2 N–H and O–H groups in total. The topological polar surface area (TPSA) is 79.0 Å². The second kappa shape index (κ2) is 7.04. The van der Waals surface area contributed by atoms with E-state index in [1.165, 1.54) is 0 Å². The van der Waals surface area contributed by atoms with Gasteiger partial charge in [0, 0.05) is 26.7 Å². The number of anilines is 2. The molecule has 0 saturated heterocycles. The van der Waals surface area contributed by atoms with Crippen molar-refractivity contribution in [3.05, 3.63) is 6.33 Å². The lowest BCUT2D eigenvalue weighted by Gasteiger charge is -2.22. The van der Waals surface area contributed by atoms with E-state index in [1.807, 2.05) is 0 Å². The van der Waals surface area contributed by atoms with E-state index in [4.69, 9.17) is 4.74 Å². The molecule has 0 bridgehead atoms. The van der Waals surface area contributed by atoms with Crippen molar-refractivity contribution >= 4 is 22.9 Å². The minimum Gasteiger partial charge on any atom is -0.383 e. The van der Waals surface area contributed by atoms with Gasteiger partial charge in [-0.2, -0.15) is 9.97 Å². The van der Waals surface area contributed by atoms with E-state index >= 15 is 0 Å². The van der Waals surface area contributed by atoms with Crippen LogP contribution in [-0.2, 0) is 4.74 Å². The fourth-order valence-corrected chi connectivity index (χ4v) is 1.98. The molecular weight excluding hydrogens is 256 g/mol. The molecule has 2 rings (SSSR count). The average Bonchev–Trinajstić information content (AvgIpc) is 2.94. The number of aromatic amines is 1. The Balaban J connectivity index is 2.34. The highest BCUT2D eigenvalue weighted by Gasteiger charge is 2.15. The first kappa shape index (κ1) is 14.5. The average molecular weight is 278 g/mol. The molecule has 2 aromatic rings. The van der Waals surface area contributed by atoms with Gasteiger partial charge in [-0.25, -0.2) is 4.98 Å². The zero-order valence-corrected chi connectivity index (χ0v) is 12.3. The lowest BCUT2D eigenvalue weighted by Crippen LogP contribution is -2.28. The smallest absolute Gasteiger partial charge is 0.226 e. The largest absolute Gasteiger partial charge is 0.383 e. The summed E-state index contributed by atoms with van der Waals surface area (Å²) in [5.74, 6) is 1.49. The molecule has 0 radical (unpaired) electrons. The number of likely N-dealkylation sites (N-methyl/N-ethyl adjacent to an activating group) is 1. The van der Waals surface area contributed by atoms with E-state index in [1.54, 1.807) is 13.4 Å². The second-order valence-corrected chi connectivity index (χ2v) is 4.47. The highest BCUT2D eigenvalue weighted by atomic mass is 16.5. The number of nitrogens with one attached hydrogen (secondary N) is 2. The molecule has 0 unspecified atom stereocenters. The number of fused-ring (bicyclic) bond motifs is 1. The maximum absolute atomic E-state index is 5.16. The Morgan fingerprint density at radius 2 is 2.20 bits per heavy atom. The maximum atomic E-state index is 5.16. The number of ether oxygens (including phenoxy) is 1. The van der Waals surface area contributed by atoms with Crippen LogP contribution in [0.25, 0.3) is 11.2 Å². The van der Waals surface area contributed by atoms with Crippen LogP contribution in [0.5, 0.6) is 0 Å². The van der Waals surface area contributed by atoms with Crippen molar-refractivity contribution in [2.24, 2.45) is 0 Å². The first-order valence-electron chi connectivity index (χ1n) is 6.99. The quantitative estimate of drug-likeness (QED) is 0.764. The van der Waals surface area contributed by atoms with Gasteiger partial charge in [-0.3, -0.25) is 0 Å². The van der Waals surface area contributed by atoms with Crippen LogP contribution in [0.2, 0.25) is 0 Å². The number of imidazole rings is 1. The van der Waals surface area contributed by atoms with E-state index in [0.29, 0.717) is 18.2 Å². The SMILES string of the molecule is CCCNc1nc(N(CC)CCOC)c2[nH]cnc2n1. The van der Waals surface area contributed by atoms with Gasteiger partial charge >= 0.3 is 0 Å². The Kier molecular flexibility index (Phi) is 5.11. The van der Waals surface area contributed by atoms with E-state index in [0.717, 1.165) is 37.4 Å². The minimum atomic E-state index is 0.623. The van der Waals surface area contributed by atoms with Gasteiger partial charge < -0.3 is 19.9 Å². The lowest BCUT2D eigenvalue weighted by atomic mass is 10.4. The molecule has 0 amide bonds. The van der Waals surface area contributed by atoms with Crippen LogP contribution in [0.4, 0.5) is 11.8 Å². The summed E-state index contributed by atoms with van der Waals surface area (Å²) in [5, 5.41) is 3.22. The number of hydrogen-bond acceptors (Lipinski definition) is 6. The molecule has 0 aromatic carbocycles. The van der Waals surface area contributed by atoms with Crippen LogP contribution < -0.4 is 10.2 Å². The van der Waals surface area contributed by atoms with Crippen LogP contribution in [0.1, 0.15) is 20.3 Å². The summed E-state index contributed by atoms with van der Waals surface area (Å²) in [4.78, 5) is 18.5. The summed E-state index contributed by atoms with van der Waals surface area (Å²) in [6, 6.07) is 0. The number of hydrogen-bond donors (Lipinski definition) is 2. The summed E-state index contributed by atoms with van der Waals surface area (Å²) in [5.41, 5.74) is 1.55. The van der Waals surface area contributed by atoms with Gasteiger partial charge in [-0.1, -0.05) is 6.92 Å². The monoisotopic (exact) mass is 278 g/mol. The first-order chi connectivity index (χ1) is 9.80. The molecule has 0 saturated carbocycles. The third kappa shape index (κ3) is 3.16. The van der Waals surface area contributed by atoms with Crippen molar-refractivity contribution in [1.82, 2.24) is 19.9 Å². The lowest BCUT2D eigenvalue weighted by molar-refractivity contribution is 0.205. The zero-order valence-electron chi connectivity index (χ0n) is 12.3. The molecule has 7 nitrogen and oxygen atoms in total. The van der Waals surface area contributed by atoms with Gasteiger partial charge in [-0.05, 0) is 13.3 Å². The van der Waals surface area contributed by atoms with E-state index in [9.17, 15) is 0 Å². The molecule has 0 fully saturated rings. The number of rotatable bonds is 8. The molecule has 20 heavy (non-hydrogen) atoms. The standard InChI is InChI=1S/C13H22N6O/c1-4-6-14-13-17-11-10(15-9-16-11)12(18-13)19(5-2)7-8-20-3/h9H,4-8H2,1-3H3,(H2,14,15,16,17,18). The van der Waals surface area contributed by atoms with Crippen LogP contribution in [-0.4, -0.2) is 53.3 Å². The van der Waals surface area contributed by atoms with Gasteiger partial charge in [0.2, 0.25) is 5.95 Å². The molecule has 2 aromatic heterocycles. The first-order valence-corrected chi connectivity index (χ1v) is 6.99. The molecular formula is C13H22N6O. The molecule has 0 aliphatic carbocycles. The number of nitrogens with zero attached hydrogens (tertiary/aromatic N) is 4. The molecule has 110 valence electrons. The van der Waals surface area contributed by atoms with E-state index in [2.05, 4.69) is 44.0 Å². The third-order valence-electron chi connectivity index (χ3n) is 3.05. The van der Waals surface area contributed by atoms with Crippen molar-refractivity contribution in [1.29, 1.82) is 0 Å². The van der Waals surface area contributed by atoms with Crippen LogP contribution in [0.3, 0.4) is 0 Å². The molecule has 7 heteroatoms. The Morgan fingerprint density at radius 3 is 2.90 bits per heavy atom. The summed E-state index contributed by atoms with van der Waals surface area (Å²) >= 11 is 0. The van der Waals surface area contributed by atoms with Crippen molar-refractivity contribution in [3.63, 3.8) is 0 Å². The summed E-state index contributed by atoms with van der Waals surface area (Å²) in [6.07, 6.45) is 2.68. The summed E-state index contributed by atoms with van der Waals surface area (Å²) < 4.78 is 5.16. The highest BCUT2D eigenvalue weighted by Crippen LogP contribution is 2.22. The number of methoxy groups -OCH3 is 1. The molecule has 0 atom stereocenters. The van der Waals surface area contributed by atoms with Gasteiger partial charge in [0.1, 0.15) is 5.52 Å². The van der Waals surface area contributed by atoms with Gasteiger partial charge in [-0.15, -0.1) is 0 Å². The molecule has 0 aliphatic heterocycles.